The molecule has 1 unspecified atom stereocenters. The number of hydrogen-bond acceptors (Lipinski definition) is 3. The third kappa shape index (κ3) is 5.17. The Hall–Kier alpha value is -3.92. The van der Waals surface area contributed by atoms with Crippen LogP contribution in [0.2, 0.25) is 0 Å². The van der Waals surface area contributed by atoms with Crippen LogP contribution in [0, 0.1) is 0 Å². The van der Waals surface area contributed by atoms with Gasteiger partial charge in [-0.25, -0.2) is 4.79 Å². The first-order chi connectivity index (χ1) is 15.2. The second-order valence-corrected chi connectivity index (χ2v) is 7.32. The molecule has 0 aromatic heterocycles. The van der Waals surface area contributed by atoms with Gasteiger partial charge < -0.3 is 4.74 Å². The number of amides is 1. The van der Waals surface area contributed by atoms with Crippen LogP contribution in [0.15, 0.2) is 109 Å². The van der Waals surface area contributed by atoms with Crippen LogP contribution in [-0.4, -0.2) is 23.3 Å². The molecule has 0 spiro atoms. The molecular formula is C27H23NO3. The molecule has 1 saturated heterocycles. The van der Waals surface area contributed by atoms with E-state index in [2.05, 4.69) is 0 Å². The third-order valence-electron chi connectivity index (χ3n) is 5.21. The lowest BCUT2D eigenvalue weighted by Crippen LogP contribution is -2.44. The van der Waals surface area contributed by atoms with Crippen LogP contribution < -0.4 is 4.74 Å². The first kappa shape index (κ1) is 20.4. The zero-order valence-electron chi connectivity index (χ0n) is 17.1. The van der Waals surface area contributed by atoms with Gasteiger partial charge in [0.1, 0.15) is 5.75 Å². The van der Waals surface area contributed by atoms with Gasteiger partial charge >= 0.3 is 6.09 Å². The Morgan fingerprint density at radius 3 is 2.16 bits per heavy atom. The molecule has 1 amide bonds. The van der Waals surface area contributed by atoms with Gasteiger partial charge in [0.05, 0.1) is 12.6 Å². The molecule has 3 aromatic carbocycles. The van der Waals surface area contributed by atoms with Crippen molar-refractivity contribution in [2.45, 2.75) is 12.5 Å². The number of rotatable bonds is 4. The number of Topliss-reactive ketones (excluding diaryl/α,β-unsaturated/α-hetero) is 1. The first-order valence-electron chi connectivity index (χ1n) is 10.2. The van der Waals surface area contributed by atoms with E-state index in [0.717, 1.165) is 11.1 Å². The van der Waals surface area contributed by atoms with E-state index in [1.807, 2.05) is 91.0 Å². The number of benzene rings is 3. The zero-order valence-corrected chi connectivity index (χ0v) is 17.1. The van der Waals surface area contributed by atoms with E-state index in [9.17, 15) is 9.59 Å². The van der Waals surface area contributed by atoms with Crippen molar-refractivity contribution < 1.29 is 14.3 Å². The maximum Gasteiger partial charge on any atom is 0.416 e. The number of ether oxygens (including phenoxy) is 1. The van der Waals surface area contributed by atoms with E-state index in [-0.39, 0.29) is 24.8 Å². The van der Waals surface area contributed by atoms with E-state index < -0.39 is 6.09 Å². The maximum atomic E-state index is 13.0. The average molecular weight is 409 g/mol. The highest BCUT2D eigenvalue weighted by Gasteiger charge is 2.35. The third-order valence-corrected chi connectivity index (χ3v) is 5.21. The van der Waals surface area contributed by atoms with Crippen LogP contribution in [0.3, 0.4) is 0 Å². The van der Waals surface area contributed by atoms with Crippen molar-refractivity contribution in [3.05, 3.63) is 120 Å². The molecule has 0 bridgehead atoms. The molecule has 0 N–H and O–H groups in total. The number of para-hydroxylation sites is 1. The molecule has 31 heavy (non-hydrogen) atoms. The lowest BCUT2D eigenvalue weighted by molar-refractivity contribution is -0.118. The predicted octanol–water partition coefficient (Wildman–Crippen LogP) is 5.84. The first-order valence-corrected chi connectivity index (χ1v) is 10.2. The minimum atomic E-state index is -0.467. The number of carbonyl (C=O) groups is 2. The van der Waals surface area contributed by atoms with Gasteiger partial charge in [-0.3, -0.25) is 9.69 Å². The lowest BCUT2D eigenvalue weighted by atomic mass is 9.91. The van der Waals surface area contributed by atoms with E-state index in [1.165, 1.54) is 0 Å². The second kappa shape index (κ2) is 9.72. The minimum absolute atomic E-state index is 0.0373. The molecule has 1 fully saturated rings. The Kier molecular flexibility index (Phi) is 6.38. The minimum Gasteiger partial charge on any atom is -0.410 e. The summed E-state index contributed by atoms with van der Waals surface area (Å²) in [7, 11) is 0. The monoisotopic (exact) mass is 409 g/mol. The maximum absolute atomic E-state index is 13.0. The van der Waals surface area contributed by atoms with Crippen LogP contribution in [0.25, 0.3) is 6.08 Å². The van der Waals surface area contributed by atoms with Gasteiger partial charge in [0.15, 0.2) is 5.78 Å². The van der Waals surface area contributed by atoms with Crippen LogP contribution in [-0.2, 0) is 4.79 Å². The largest absolute Gasteiger partial charge is 0.416 e. The van der Waals surface area contributed by atoms with Gasteiger partial charge in [-0.1, -0.05) is 97.1 Å². The van der Waals surface area contributed by atoms with Crippen molar-refractivity contribution in [1.82, 2.24) is 4.90 Å². The molecule has 4 nitrogen and oxygen atoms in total. The summed E-state index contributed by atoms with van der Waals surface area (Å²) in [4.78, 5) is 27.5. The molecule has 0 radical (unpaired) electrons. The van der Waals surface area contributed by atoms with Crippen LogP contribution >= 0.6 is 0 Å². The lowest BCUT2D eigenvalue weighted by Gasteiger charge is -2.35. The van der Waals surface area contributed by atoms with Crippen LogP contribution in [0.1, 0.15) is 23.6 Å². The van der Waals surface area contributed by atoms with Crippen molar-refractivity contribution in [2.24, 2.45) is 0 Å². The molecule has 3 aromatic rings. The Labute approximate surface area is 182 Å². The number of carbonyl (C=O) groups excluding carboxylic acids is 2. The van der Waals surface area contributed by atoms with Gasteiger partial charge in [-0.05, 0) is 23.3 Å². The topological polar surface area (TPSA) is 46.6 Å². The van der Waals surface area contributed by atoms with Crippen molar-refractivity contribution in [3.63, 3.8) is 0 Å². The summed E-state index contributed by atoms with van der Waals surface area (Å²) in [6.07, 6.45) is 5.34. The summed E-state index contributed by atoms with van der Waals surface area (Å²) in [5.74, 6) is 0.515. The van der Waals surface area contributed by atoms with Crippen molar-refractivity contribution in [3.8, 4) is 5.75 Å². The van der Waals surface area contributed by atoms with Crippen molar-refractivity contribution in [1.29, 1.82) is 0 Å². The molecule has 0 aliphatic carbocycles. The highest BCUT2D eigenvalue weighted by Crippen LogP contribution is 2.32. The molecule has 1 atom stereocenters. The number of hydrogen-bond donors (Lipinski definition) is 0. The van der Waals surface area contributed by atoms with Gasteiger partial charge in [-0.2, -0.15) is 0 Å². The summed E-state index contributed by atoms with van der Waals surface area (Å²) in [5, 5.41) is 0. The number of allylic oxidation sites excluding steroid dienone is 2. The van der Waals surface area contributed by atoms with Crippen LogP contribution in [0.5, 0.6) is 5.75 Å². The van der Waals surface area contributed by atoms with E-state index in [4.69, 9.17) is 4.74 Å². The average Bonchev–Trinajstić information content (AvgIpc) is 2.82. The molecule has 0 saturated carbocycles. The second-order valence-electron chi connectivity index (χ2n) is 7.32. The SMILES string of the molecule is O=C1CC(c2ccccc2)N(C(=O)Oc2ccccc2)C/C1=C\C=C\c1ccccc1. The van der Waals surface area contributed by atoms with E-state index in [1.54, 1.807) is 23.1 Å². The Morgan fingerprint density at radius 1 is 0.871 bits per heavy atom. The summed E-state index contributed by atoms with van der Waals surface area (Å²) in [5.41, 5.74) is 2.55. The fourth-order valence-electron chi connectivity index (χ4n) is 3.60. The standard InChI is InChI=1S/C27H23NO3/c29-26-19-25(22-14-6-2-7-15-22)28(27(30)31-24-17-8-3-9-18-24)20-23(26)16-10-13-21-11-4-1-5-12-21/h1-18,25H,19-20H2/b13-10+,23-16+. The highest BCUT2D eigenvalue weighted by atomic mass is 16.6. The number of nitrogens with zero attached hydrogens (tertiary/aromatic N) is 1. The summed E-state index contributed by atoms with van der Waals surface area (Å²) in [6, 6.07) is 28.1. The Balaban J connectivity index is 1.58. The Bertz CT molecular complexity index is 1090. The summed E-state index contributed by atoms with van der Waals surface area (Å²) < 4.78 is 5.59. The van der Waals surface area contributed by atoms with Gasteiger partial charge in [0.25, 0.3) is 0 Å². The molecule has 1 aliphatic rings. The number of ketones is 1. The van der Waals surface area contributed by atoms with Gasteiger partial charge in [0.2, 0.25) is 0 Å². The summed E-state index contributed by atoms with van der Waals surface area (Å²) >= 11 is 0. The summed E-state index contributed by atoms with van der Waals surface area (Å²) in [6.45, 7) is 0.198. The molecule has 154 valence electrons. The Morgan fingerprint density at radius 2 is 1.48 bits per heavy atom. The molecule has 4 rings (SSSR count). The van der Waals surface area contributed by atoms with Gasteiger partial charge in [0, 0.05) is 12.0 Å². The quantitative estimate of drug-likeness (QED) is 0.509. The fraction of sp³-hybridized carbons (Fsp3) is 0.111. The molecule has 4 heteroatoms. The highest BCUT2D eigenvalue weighted by molar-refractivity contribution is 5.98. The van der Waals surface area contributed by atoms with E-state index >= 15 is 0 Å². The zero-order chi connectivity index (χ0) is 21.5. The van der Waals surface area contributed by atoms with Crippen molar-refractivity contribution in [2.75, 3.05) is 6.54 Å². The molecule has 1 heterocycles. The van der Waals surface area contributed by atoms with Crippen molar-refractivity contribution >= 4 is 18.0 Å². The predicted molar refractivity (Wildman–Crippen MR) is 122 cm³/mol. The fourth-order valence-corrected chi connectivity index (χ4v) is 3.60. The molecule has 1 aliphatic heterocycles. The number of piperidine rings is 1. The number of likely N-dealkylation sites (tertiary alicyclic amines) is 1. The normalized spacial score (nSPS) is 17.8. The molecular weight excluding hydrogens is 386 g/mol. The smallest absolute Gasteiger partial charge is 0.410 e. The van der Waals surface area contributed by atoms with Crippen LogP contribution in [0.4, 0.5) is 4.79 Å². The van der Waals surface area contributed by atoms with Gasteiger partial charge in [-0.15, -0.1) is 0 Å². The van der Waals surface area contributed by atoms with E-state index in [0.29, 0.717) is 11.3 Å².